The van der Waals surface area contributed by atoms with Crippen LogP contribution < -0.4 is 5.32 Å². The van der Waals surface area contributed by atoms with Crippen molar-refractivity contribution in [3.8, 4) is 0 Å². The van der Waals surface area contributed by atoms with Crippen LogP contribution in [-0.2, 0) is 9.53 Å². The molecule has 0 unspecified atom stereocenters. The molecule has 2 fully saturated rings. The third-order valence-corrected chi connectivity index (χ3v) is 5.70. The lowest BCUT2D eigenvalue weighted by Gasteiger charge is -2.48. The Hall–Kier alpha value is -0.870. The molecule has 1 saturated carbocycles. The van der Waals surface area contributed by atoms with Crippen molar-refractivity contribution in [3.05, 3.63) is 12.2 Å². The van der Waals surface area contributed by atoms with Crippen molar-refractivity contribution < 1.29 is 9.53 Å². The molecule has 3 rings (SSSR count). The summed E-state index contributed by atoms with van der Waals surface area (Å²) in [6.07, 6.45) is 13.7. The van der Waals surface area contributed by atoms with E-state index in [1.807, 2.05) is 0 Å². The van der Waals surface area contributed by atoms with Gasteiger partial charge < -0.3 is 10.1 Å². The van der Waals surface area contributed by atoms with Crippen LogP contribution in [0.5, 0.6) is 0 Å². The molecule has 1 heterocycles. The lowest BCUT2D eigenvalue weighted by Crippen LogP contribution is -2.60. The van der Waals surface area contributed by atoms with Crippen LogP contribution in [0, 0.1) is 5.92 Å². The zero-order chi connectivity index (χ0) is 15.3. The van der Waals surface area contributed by atoms with Gasteiger partial charge in [0.15, 0.2) is 0 Å². The highest BCUT2D eigenvalue weighted by Gasteiger charge is 2.39. The maximum absolute atomic E-state index is 12.5. The molecule has 3 aliphatic rings. The summed E-state index contributed by atoms with van der Waals surface area (Å²) in [5.41, 5.74) is 0.183. The third-order valence-electron chi connectivity index (χ3n) is 5.70. The van der Waals surface area contributed by atoms with Crippen LogP contribution in [0.4, 0.5) is 0 Å². The summed E-state index contributed by atoms with van der Waals surface area (Å²) in [5.74, 6) is 0.456. The van der Waals surface area contributed by atoms with Crippen LogP contribution in [0.25, 0.3) is 0 Å². The number of hydrogen-bond acceptors (Lipinski definition) is 3. The van der Waals surface area contributed by atoms with Gasteiger partial charge in [0.25, 0.3) is 0 Å². The lowest BCUT2D eigenvalue weighted by atomic mass is 9.79. The number of morpholine rings is 1. The van der Waals surface area contributed by atoms with Crippen molar-refractivity contribution in [2.45, 2.75) is 56.9 Å². The molecule has 0 aromatic rings. The quantitative estimate of drug-likeness (QED) is 0.811. The number of amides is 1. The molecule has 1 saturated heterocycles. The average Bonchev–Trinajstić information content (AvgIpc) is 2.62. The number of hydrogen-bond donors (Lipinski definition) is 1. The molecule has 2 aliphatic carbocycles. The Kier molecular flexibility index (Phi) is 5.53. The summed E-state index contributed by atoms with van der Waals surface area (Å²) in [4.78, 5) is 15.1. The van der Waals surface area contributed by atoms with Gasteiger partial charge in [-0.05, 0) is 32.1 Å². The van der Waals surface area contributed by atoms with Gasteiger partial charge in [0, 0.05) is 31.1 Å². The van der Waals surface area contributed by atoms with Gasteiger partial charge in [-0.2, -0.15) is 0 Å². The van der Waals surface area contributed by atoms with Crippen molar-refractivity contribution in [1.82, 2.24) is 10.2 Å². The second-order valence-corrected chi connectivity index (χ2v) is 7.08. The van der Waals surface area contributed by atoms with Crippen LogP contribution in [0.15, 0.2) is 12.2 Å². The third kappa shape index (κ3) is 3.72. The van der Waals surface area contributed by atoms with Crippen molar-refractivity contribution in [1.29, 1.82) is 0 Å². The average molecular weight is 306 g/mol. The van der Waals surface area contributed by atoms with Crippen LogP contribution in [0.1, 0.15) is 51.4 Å². The standard InChI is InChI=1S/C18H30N2O2/c21-17(16-7-3-1-4-8-16)19-15-18(9-5-2-6-10-18)20-11-13-22-14-12-20/h1,3,16H,2,4-15H2,(H,19,21)/t16-/m0/s1. The number of ether oxygens (including phenoxy) is 1. The molecule has 1 amide bonds. The molecule has 0 radical (unpaired) electrons. The van der Waals surface area contributed by atoms with E-state index >= 15 is 0 Å². The zero-order valence-corrected chi connectivity index (χ0v) is 13.7. The van der Waals surface area contributed by atoms with Crippen molar-refractivity contribution in [3.63, 3.8) is 0 Å². The minimum Gasteiger partial charge on any atom is -0.379 e. The Bertz CT molecular complexity index is 396. The van der Waals surface area contributed by atoms with E-state index in [0.717, 1.165) is 52.1 Å². The largest absolute Gasteiger partial charge is 0.379 e. The Morgan fingerprint density at radius 3 is 2.64 bits per heavy atom. The summed E-state index contributed by atoms with van der Waals surface area (Å²) < 4.78 is 5.52. The smallest absolute Gasteiger partial charge is 0.223 e. The van der Waals surface area contributed by atoms with E-state index in [1.165, 1.54) is 32.1 Å². The molecular formula is C18H30N2O2. The van der Waals surface area contributed by atoms with E-state index in [2.05, 4.69) is 22.4 Å². The van der Waals surface area contributed by atoms with Gasteiger partial charge in [-0.15, -0.1) is 0 Å². The minimum absolute atomic E-state index is 0.183. The summed E-state index contributed by atoms with van der Waals surface area (Å²) in [6.45, 7) is 4.53. The highest BCUT2D eigenvalue weighted by atomic mass is 16.5. The number of nitrogens with zero attached hydrogens (tertiary/aromatic N) is 1. The Labute approximate surface area is 134 Å². The van der Waals surface area contributed by atoms with E-state index in [9.17, 15) is 4.79 Å². The molecule has 124 valence electrons. The van der Waals surface area contributed by atoms with E-state index in [1.54, 1.807) is 0 Å². The lowest BCUT2D eigenvalue weighted by molar-refractivity contribution is -0.126. The monoisotopic (exact) mass is 306 g/mol. The summed E-state index contributed by atoms with van der Waals surface area (Å²) in [6, 6.07) is 0. The van der Waals surface area contributed by atoms with Crippen molar-refractivity contribution in [2.75, 3.05) is 32.8 Å². The van der Waals surface area contributed by atoms with Gasteiger partial charge >= 0.3 is 0 Å². The summed E-state index contributed by atoms with van der Waals surface area (Å²) in [5, 5.41) is 3.30. The predicted octanol–water partition coefficient (Wildman–Crippen LogP) is 2.49. The molecule has 0 aromatic carbocycles. The summed E-state index contributed by atoms with van der Waals surface area (Å²) in [7, 11) is 0. The first-order valence-corrected chi connectivity index (χ1v) is 9.06. The number of carbonyl (C=O) groups excluding carboxylic acids is 1. The van der Waals surface area contributed by atoms with Gasteiger partial charge in [-0.3, -0.25) is 9.69 Å². The molecule has 4 nitrogen and oxygen atoms in total. The first kappa shape index (κ1) is 16.0. The maximum Gasteiger partial charge on any atom is 0.223 e. The highest BCUT2D eigenvalue weighted by molar-refractivity contribution is 5.79. The first-order chi connectivity index (χ1) is 10.8. The molecule has 1 aliphatic heterocycles. The highest BCUT2D eigenvalue weighted by Crippen LogP contribution is 2.34. The summed E-state index contributed by atoms with van der Waals surface area (Å²) >= 11 is 0. The number of allylic oxidation sites excluding steroid dienone is 2. The second-order valence-electron chi connectivity index (χ2n) is 7.08. The Balaban J connectivity index is 1.59. The van der Waals surface area contributed by atoms with E-state index in [0.29, 0.717) is 0 Å². The molecule has 1 N–H and O–H groups in total. The van der Waals surface area contributed by atoms with Gasteiger partial charge in [-0.25, -0.2) is 0 Å². The number of carbonyl (C=O) groups is 1. The molecule has 0 aromatic heterocycles. The maximum atomic E-state index is 12.5. The molecule has 22 heavy (non-hydrogen) atoms. The van der Waals surface area contributed by atoms with Gasteiger partial charge in [0.2, 0.25) is 5.91 Å². The molecular weight excluding hydrogens is 276 g/mol. The second kappa shape index (κ2) is 7.60. The Morgan fingerprint density at radius 2 is 1.95 bits per heavy atom. The van der Waals surface area contributed by atoms with E-state index in [4.69, 9.17) is 4.74 Å². The Morgan fingerprint density at radius 1 is 1.18 bits per heavy atom. The van der Waals surface area contributed by atoms with Crippen LogP contribution in [0.3, 0.4) is 0 Å². The molecule has 1 atom stereocenters. The van der Waals surface area contributed by atoms with Gasteiger partial charge in [0.1, 0.15) is 0 Å². The normalized spacial score (nSPS) is 29.2. The fourth-order valence-corrected chi connectivity index (χ4v) is 4.28. The van der Waals surface area contributed by atoms with E-state index in [-0.39, 0.29) is 17.4 Å². The SMILES string of the molecule is O=C(NCC1(N2CCOCC2)CCCCC1)[C@H]1CC=CCC1. The van der Waals surface area contributed by atoms with E-state index < -0.39 is 0 Å². The van der Waals surface area contributed by atoms with Crippen LogP contribution in [-0.4, -0.2) is 49.2 Å². The van der Waals surface area contributed by atoms with Crippen LogP contribution in [0.2, 0.25) is 0 Å². The first-order valence-electron chi connectivity index (χ1n) is 9.06. The van der Waals surface area contributed by atoms with Crippen LogP contribution >= 0.6 is 0 Å². The topological polar surface area (TPSA) is 41.6 Å². The fourth-order valence-electron chi connectivity index (χ4n) is 4.28. The van der Waals surface area contributed by atoms with Gasteiger partial charge in [-0.1, -0.05) is 31.4 Å². The number of nitrogens with one attached hydrogen (secondary N) is 1. The zero-order valence-electron chi connectivity index (χ0n) is 13.7. The van der Waals surface area contributed by atoms with Crippen molar-refractivity contribution >= 4 is 5.91 Å². The fraction of sp³-hybridized carbons (Fsp3) is 0.833. The van der Waals surface area contributed by atoms with Crippen molar-refractivity contribution in [2.24, 2.45) is 5.92 Å². The van der Waals surface area contributed by atoms with Gasteiger partial charge in [0.05, 0.1) is 13.2 Å². The number of rotatable bonds is 4. The predicted molar refractivity (Wildman–Crippen MR) is 87.7 cm³/mol. The molecule has 0 spiro atoms. The minimum atomic E-state index is 0.183. The molecule has 4 heteroatoms. The molecule has 0 bridgehead atoms.